The van der Waals surface area contributed by atoms with E-state index in [1.807, 2.05) is 6.07 Å². The highest BCUT2D eigenvalue weighted by Crippen LogP contribution is 2.43. The molecule has 0 aliphatic carbocycles. The summed E-state index contributed by atoms with van der Waals surface area (Å²) >= 11 is 5.95. The molecule has 0 fully saturated rings. The number of nitrogens with one attached hydrogen (secondary N) is 1. The number of alkyl halides is 3. The first-order chi connectivity index (χ1) is 14.2. The number of rotatable bonds is 4. The van der Waals surface area contributed by atoms with Crippen LogP contribution in [0.1, 0.15) is 16.8 Å². The Hall–Kier alpha value is -3.51. The first kappa shape index (κ1) is 21.2. The van der Waals surface area contributed by atoms with Crippen molar-refractivity contribution >= 4 is 11.6 Å². The van der Waals surface area contributed by atoms with Crippen LogP contribution in [0.2, 0.25) is 5.02 Å². The van der Waals surface area contributed by atoms with Gasteiger partial charge in [-0.2, -0.15) is 18.4 Å². The molecule has 0 spiro atoms. The van der Waals surface area contributed by atoms with Crippen molar-refractivity contribution in [3.05, 3.63) is 68.7 Å². The molecular weight excluding hydrogens is 423 g/mol. The number of hydrogen-bond donors (Lipinski definition) is 1. The van der Waals surface area contributed by atoms with Gasteiger partial charge in [0, 0.05) is 23.0 Å². The number of ether oxygens (including phenoxy) is 2. The number of halogens is 4. The standard InChI is InChI=1S/C20H13ClF3N3O3/c1-10-6-13(14(8-25)18(28)27-10)12-4-3-5-16(29-2)17(12)30-19-15(21)7-11(9-26-19)20(22,23)24/h3-7,9H,1-2H3,(H,27,28). The van der Waals surface area contributed by atoms with E-state index in [9.17, 15) is 23.2 Å². The molecule has 0 saturated heterocycles. The van der Waals surface area contributed by atoms with Gasteiger partial charge in [0.25, 0.3) is 5.56 Å². The van der Waals surface area contributed by atoms with E-state index in [0.29, 0.717) is 23.5 Å². The summed E-state index contributed by atoms with van der Waals surface area (Å²) in [5.74, 6) is -0.0572. The minimum Gasteiger partial charge on any atom is -0.493 e. The fraction of sp³-hybridized carbons (Fsp3) is 0.150. The van der Waals surface area contributed by atoms with Crippen LogP contribution in [-0.2, 0) is 6.18 Å². The maximum atomic E-state index is 12.9. The average Bonchev–Trinajstić information content (AvgIpc) is 2.68. The van der Waals surface area contributed by atoms with Crippen molar-refractivity contribution in [3.8, 4) is 34.6 Å². The summed E-state index contributed by atoms with van der Waals surface area (Å²) in [6.07, 6.45) is -4.02. The van der Waals surface area contributed by atoms with E-state index >= 15 is 0 Å². The predicted octanol–water partition coefficient (Wildman–Crippen LogP) is 5.09. The number of aromatic amines is 1. The predicted molar refractivity (Wildman–Crippen MR) is 103 cm³/mol. The lowest BCUT2D eigenvalue weighted by Crippen LogP contribution is -2.13. The van der Waals surface area contributed by atoms with Gasteiger partial charge in [-0.3, -0.25) is 4.79 Å². The smallest absolute Gasteiger partial charge is 0.417 e. The number of nitrogens with zero attached hydrogens (tertiary/aromatic N) is 2. The second-order valence-corrected chi connectivity index (χ2v) is 6.54. The van der Waals surface area contributed by atoms with Crippen LogP contribution in [0, 0.1) is 18.3 Å². The van der Waals surface area contributed by atoms with Crippen molar-refractivity contribution in [2.45, 2.75) is 13.1 Å². The fourth-order valence-electron chi connectivity index (χ4n) is 2.76. The molecule has 1 aromatic carbocycles. The van der Waals surface area contributed by atoms with Crippen LogP contribution < -0.4 is 15.0 Å². The summed E-state index contributed by atoms with van der Waals surface area (Å²) in [6, 6.07) is 8.84. The molecule has 0 aliphatic heterocycles. The third kappa shape index (κ3) is 4.09. The summed E-state index contributed by atoms with van der Waals surface area (Å²) in [7, 11) is 1.36. The molecule has 30 heavy (non-hydrogen) atoms. The van der Waals surface area contributed by atoms with Gasteiger partial charge in [0.1, 0.15) is 16.7 Å². The molecule has 3 aromatic rings. The van der Waals surface area contributed by atoms with Crippen LogP contribution in [0.5, 0.6) is 17.4 Å². The van der Waals surface area contributed by atoms with E-state index < -0.39 is 17.3 Å². The number of nitriles is 1. The fourth-order valence-corrected chi connectivity index (χ4v) is 2.96. The minimum atomic E-state index is -4.62. The summed E-state index contributed by atoms with van der Waals surface area (Å²) in [4.78, 5) is 18.4. The Morgan fingerprint density at radius 1 is 1.23 bits per heavy atom. The van der Waals surface area contributed by atoms with Crippen LogP contribution >= 0.6 is 11.6 Å². The molecular formula is C20H13ClF3N3O3. The van der Waals surface area contributed by atoms with Gasteiger partial charge >= 0.3 is 6.18 Å². The number of H-pyrrole nitrogens is 1. The quantitative estimate of drug-likeness (QED) is 0.616. The van der Waals surface area contributed by atoms with Gasteiger partial charge in [0.15, 0.2) is 11.5 Å². The molecule has 0 aliphatic rings. The Bertz CT molecular complexity index is 1220. The zero-order valence-corrected chi connectivity index (χ0v) is 16.4. The topological polar surface area (TPSA) is 88.0 Å². The Kier molecular flexibility index (Phi) is 5.71. The Morgan fingerprint density at radius 2 is 1.97 bits per heavy atom. The van der Waals surface area contributed by atoms with Crippen molar-refractivity contribution < 1.29 is 22.6 Å². The van der Waals surface area contributed by atoms with Gasteiger partial charge in [0.05, 0.1) is 12.7 Å². The molecule has 0 amide bonds. The second kappa shape index (κ2) is 8.08. The zero-order chi connectivity index (χ0) is 22.1. The molecule has 0 atom stereocenters. The van der Waals surface area contributed by atoms with E-state index in [1.54, 1.807) is 31.2 Å². The number of benzene rings is 1. The third-order valence-electron chi connectivity index (χ3n) is 4.10. The number of methoxy groups -OCH3 is 1. The highest BCUT2D eigenvalue weighted by Gasteiger charge is 2.32. The number of pyridine rings is 2. The molecule has 0 radical (unpaired) electrons. The maximum Gasteiger partial charge on any atom is 0.417 e. The molecule has 0 saturated carbocycles. The summed E-state index contributed by atoms with van der Waals surface area (Å²) in [5.41, 5.74) is -0.726. The first-order valence-electron chi connectivity index (χ1n) is 8.37. The third-order valence-corrected chi connectivity index (χ3v) is 4.37. The normalized spacial score (nSPS) is 11.1. The van der Waals surface area contributed by atoms with Gasteiger partial charge in [-0.05, 0) is 25.1 Å². The number of aryl methyl sites for hydroxylation is 1. The molecule has 2 heterocycles. The monoisotopic (exact) mass is 435 g/mol. The van der Waals surface area contributed by atoms with Crippen LogP contribution in [0.15, 0.2) is 41.3 Å². The van der Waals surface area contributed by atoms with E-state index in [0.717, 1.165) is 0 Å². The van der Waals surface area contributed by atoms with Crippen molar-refractivity contribution in [2.24, 2.45) is 0 Å². The van der Waals surface area contributed by atoms with Crippen LogP contribution in [0.25, 0.3) is 11.1 Å². The SMILES string of the molecule is COc1cccc(-c2cc(C)[nH]c(=O)c2C#N)c1Oc1ncc(C(F)(F)F)cc1Cl. The van der Waals surface area contributed by atoms with Crippen LogP contribution in [0.4, 0.5) is 13.2 Å². The van der Waals surface area contributed by atoms with Crippen LogP contribution in [0.3, 0.4) is 0 Å². The number of hydrogen-bond acceptors (Lipinski definition) is 5. The van der Waals surface area contributed by atoms with Crippen molar-refractivity contribution in [1.29, 1.82) is 5.26 Å². The van der Waals surface area contributed by atoms with Gasteiger partial charge in [-0.25, -0.2) is 4.98 Å². The van der Waals surface area contributed by atoms with Crippen molar-refractivity contribution in [2.75, 3.05) is 7.11 Å². The van der Waals surface area contributed by atoms with Gasteiger partial charge in [0.2, 0.25) is 5.88 Å². The Morgan fingerprint density at radius 3 is 2.57 bits per heavy atom. The first-order valence-corrected chi connectivity index (χ1v) is 8.75. The van der Waals surface area contributed by atoms with Gasteiger partial charge in [-0.15, -0.1) is 0 Å². The minimum absolute atomic E-state index is 0.0376. The highest BCUT2D eigenvalue weighted by atomic mass is 35.5. The lowest BCUT2D eigenvalue weighted by atomic mass is 9.99. The summed E-state index contributed by atoms with van der Waals surface area (Å²) < 4.78 is 49.6. The van der Waals surface area contributed by atoms with Crippen molar-refractivity contribution in [1.82, 2.24) is 9.97 Å². The molecule has 154 valence electrons. The molecule has 10 heteroatoms. The Labute approximate surface area is 173 Å². The average molecular weight is 436 g/mol. The van der Waals surface area contributed by atoms with Gasteiger partial charge in [-0.1, -0.05) is 23.7 Å². The lowest BCUT2D eigenvalue weighted by Gasteiger charge is -2.16. The zero-order valence-electron chi connectivity index (χ0n) is 15.6. The molecule has 1 N–H and O–H groups in total. The summed E-state index contributed by atoms with van der Waals surface area (Å²) in [5, 5.41) is 9.06. The van der Waals surface area contributed by atoms with E-state index in [-0.39, 0.29) is 33.5 Å². The molecule has 6 nitrogen and oxygen atoms in total. The van der Waals surface area contributed by atoms with Gasteiger partial charge < -0.3 is 14.5 Å². The van der Waals surface area contributed by atoms with Crippen molar-refractivity contribution in [3.63, 3.8) is 0 Å². The second-order valence-electron chi connectivity index (χ2n) is 6.13. The highest BCUT2D eigenvalue weighted by molar-refractivity contribution is 6.31. The Balaban J connectivity index is 2.19. The molecule has 2 aromatic heterocycles. The molecule has 3 rings (SSSR count). The summed E-state index contributed by atoms with van der Waals surface area (Å²) in [6.45, 7) is 1.64. The maximum absolute atomic E-state index is 12.9. The molecule has 0 unspecified atom stereocenters. The lowest BCUT2D eigenvalue weighted by molar-refractivity contribution is -0.137. The molecule has 0 bridgehead atoms. The largest absolute Gasteiger partial charge is 0.493 e. The van der Waals surface area contributed by atoms with E-state index in [4.69, 9.17) is 21.1 Å². The number of aromatic nitrogens is 2. The number of para-hydroxylation sites is 1. The van der Waals surface area contributed by atoms with Crippen LogP contribution in [-0.4, -0.2) is 17.1 Å². The van der Waals surface area contributed by atoms with E-state index in [1.165, 1.54) is 7.11 Å². The van der Waals surface area contributed by atoms with E-state index in [2.05, 4.69) is 9.97 Å².